The van der Waals surface area contributed by atoms with E-state index in [1.165, 1.54) is 6.07 Å². The summed E-state index contributed by atoms with van der Waals surface area (Å²) in [6.45, 7) is 5.71. The summed E-state index contributed by atoms with van der Waals surface area (Å²) in [6, 6.07) is 5.37. The molecule has 0 spiro atoms. The Balaban J connectivity index is 2.89. The molecular weight excluding hydrogens is 177 g/mol. The van der Waals surface area contributed by atoms with Gasteiger partial charge < -0.3 is 0 Å². The Morgan fingerprint density at radius 3 is 2.43 bits per heavy atom. The summed E-state index contributed by atoms with van der Waals surface area (Å²) in [5.74, 6) is -0.185. The molecule has 0 unspecified atom stereocenters. The lowest BCUT2D eigenvalue weighted by Gasteiger charge is -2.05. The normalized spacial score (nSPS) is 10.9. The average molecular weight is 189 g/mol. The second-order valence-electron chi connectivity index (χ2n) is 3.70. The van der Waals surface area contributed by atoms with Gasteiger partial charge in [0.2, 0.25) is 0 Å². The van der Waals surface area contributed by atoms with Crippen LogP contribution in [0.1, 0.15) is 16.8 Å². The zero-order valence-corrected chi connectivity index (χ0v) is 8.56. The van der Waals surface area contributed by atoms with Crippen molar-refractivity contribution in [3.63, 3.8) is 0 Å². The molecule has 0 saturated carbocycles. The van der Waals surface area contributed by atoms with Crippen molar-refractivity contribution in [3.05, 3.63) is 40.8 Å². The molecule has 0 amide bonds. The number of hydrogen-bond acceptors (Lipinski definition) is 1. The van der Waals surface area contributed by atoms with Gasteiger partial charge >= 0.3 is 0 Å². The lowest BCUT2D eigenvalue weighted by Crippen LogP contribution is -1.90. The van der Waals surface area contributed by atoms with E-state index < -0.39 is 0 Å². The van der Waals surface area contributed by atoms with E-state index in [0.717, 1.165) is 22.2 Å². The predicted molar refractivity (Wildman–Crippen MR) is 55.9 cm³/mol. The molecule has 0 fully saturated rings. The molecule has 2 rings (SSSR count). The number of fused-ring (bicyclic) bond motifs is 1. The van der Waals surface area contributed by atoms with Gasteiger partial charge in [0.25, 0.3) is 0 Å². The van der Waals surface area contributed by atoms with Gasteiger partial charge in [-0.15, -0.1) is 0 Å². The summed E-state index contributed by atoms with van der Waals surface area (Å²) in [7, 11) is 0. The summed E-state index contributed by atoms with van der Waals surface area (Å²) >= 11 is 0. The minimum atomic E-state index is -0.185. The summed E-state index contributed by atoms with van der Waals surface area (Å²) in [6.07, 6.45) is 0. The highest BCUT2D eigenvalue weighted by molar-refractivity contribution is 5.83. The van der Waals surface area contributed by atoms with Gasteiger partial charge in [-0.05, 0) is 44.0 Å². The van der Waals surface area contributed by atoms with E-state index in [0.29, 0.717) is 5.56 Å². The van der Waals surface area contributed by atoms with Crippen molar-refractivity contribution in [3.8, 4) is 0 Å². The number of aryl methyl sites for hydroxylation is 3. The van der Waals surface area contributed by atoms with E-state index in [2.05, 4.69) is 4.98 Å². The molecule has 14 heavy (non-hydrogen) atoms. The van der Waals surface area contributed by atoms with E-state index in [1.54, 1.807) is 6.92 Å². The molecule has 0 aliphatic heterocycles. The van der Waals surface area contributed by atoms with Crippen LogP contribution in [0.2, 0.25) is 0 Å². The topological polar surface area (TPSA) is 12.9 Å². The van der Waals surface area contributed by atoms with Crippen LogP contribution in [0, 0.1) is 26.6 Å². The Morgan fingerprint density at radius 1 is 1.00 bits per heavy atom. The first-order valence-corrected chi connectivity index (χ1v) is 4.62. The van der Waals surface area contributed by atoms with Gasteiger partial charge in [0.05, 0.1) is 5.52 Å². The number of hydrogen-bond donors (Lipinski definition) is 0. The molecular formula is C12H12FN. The standard InChI is InChI=1S/C12H12FN/c1-7-4-9(3)14-12-6-11(13)8(2)5-10(7)12/h4-6H,1-3H3. The molecule has 1 nitrogen and oxygen atoms in total. The third-order valence-electron chi connectivity index (χ3n) is 2.42. The van der Waals surface area contributed by atoms with Crippen molar-refractivity contribution < 1.29 is 4.39 Å². The third kappa shape index (κ3) is 1.37. The first-order chi connectivity index (χ1) is 6.58. The number of halogens is 1. The van der Waals surface area contributed by atoms with Crippen LogP contribution in [0.4, 0.5) is 4.39 Å². The average Bonchev–Trinajstić information content (AvgIpc) is 2.08. The SMILES string of the molecule is Cc1cc(C)c2cc(C)c(F)cc2n1. The van der Waals surface area contributed by atoms with E-state index in [1.807, 2.05) is 26.0 Å². The molecule has 0 atom stereocenters. The molecule has 1 aromatic heterocycles. The van der Waals surface area contributed by atoms with Crippen LogP contribution in [0.3, 0.4) is 0 Å². The smallest absolute Gasteiger partial charge is 0.128 e. The largest absolute Gasteiger partial charge is 0.253 e. The van der Waals surface area contributed by atoms with Gasteiger partial charge in [-0.3, -0.25) is 4.98 Å². The maximum atomic E-state index is 13.3. The van der Waals surface area contributed by atoms with E-state index in [-0.39, 0.29) is 5.82 Å². The molecule has 0 aliphatic rings. The number of pyridine rings is 1. The molecule has 1 heterocycles. The summed E-state index contributed by atoms with van der Waals surface area (Å²) in [4.78, 5) is 4.30. The van der Waals surface area contributed by atoms with Crippen LogP contribution in [0.25, 0.3) is 10.9 Å². The summed E-state index contributed by atoms with van der Waals surface area (Å²) < 4.78 is 13.3. The highest BCUT2D eigenvalue weighted by Gasteiger charge is 2.04. The van der Waals surface area contributed by atoms with Crippen LogP contribution in [-0.2, 0) is 0 Å². The molecule has 0 N–H and O–H groups in total. The summed E-state index contributed by atoms with van der Waals surface area (Å²) in [5, 5.41) is 1.04. The minimum absolute atomic E-state index is 0.185. The van der Waals surface area contributed by atoms with E-state index in [4.69, 9.17) is 0 Å². The second kappa shape index (κ2) is 3.05. The lowest BCUT2D eigenvalue weighted by molar-refractivity contribution is 0.620. The van der Waals surface area contributed by atoms with E-state index in [9.17, 15) is 4.39 Å². The fraction of sp³-hybridized carbons (Fsp3) is 0.250. The fourth-order valence-electron chi connectivity index (χ4n) is 1.69. The lowest BCUT2D eigenvalue weighted by atomic mass is 10.1. The Labute approximate surface area is 82.6 Å². The van der Waals surface area contributed by atoms with Gasteiger partial charge in [0.1, 0.15) is 5.82 Å². The maximum absolute atomic E-state index is 13.3. The van der Waals surface area contributed by atoms with Crippen molar-refractivity contribution in [1.82, 2.24) is 4.98 Å². The monoisotopic (exact) mass is 189 g/mol. The van der Waals surface area contributed by atoms with Crippen LogP contribution in [0.5, 0.6) is 0 Å². The molecule has 2 aromatic rings. The number of rotatable bonds is 0. The quantitative estimate of drug-likeness (QED) is 0.619. The Hall–Kier alpha value is -1.44. The molecule has 72 valence electrons. The molecule has 0 aliphatic carbocycles. The van der Waals surface area contributed by atoms with Crippen molar-refractivity contribution in [2.24, 2.45) is 0 Å². The highest BCUT2D eigenvalue weighted by Crippen LogP contribution is 2.21. The minimum Gasteiger partial charge on any atom is -0.253 e. The molecule has 0 saturated heterocycles. The zero-order chi connectivity index (χ0) is 10.3. The Kier molecular flexibility index (Phi) is 1.99. The molecule has 1 aromatic carbocycles. The van der Waals surface area contributed by atoms with Gasteiger partial charge in [-0.25, -0.2) is 4.39 Å². The first-order valence-electron chi connectivity index (χ1n) is 4.62. The highest BCUT2D eigenvalue weighted by atomic mass is 19.1. The van der Waals surface area contributed by atoms with Crippen LogP contribution in [-0.4, -0.2) is 4.98 Å². The molecule has 0 bridgehead atoms. The van der Waals surface area contributed by atoms with Crippen molar-refractivity contribution in [1.29, 1.82) is 0 Å². The Bertz CT molecular complexity index is 503. The maximum Gasteiger partial charge on any atom is 0.128 e. The van der Waals surface area contributed by atoms with Crippen molar-refractivity contribution >= 4 is 10.9 Å². The van der Waals surface area contributed by atoms with E-state index >= 15 is 0 Å². The number of aromatic nitrogens is 1. The van der Waals surface area contributed by atoms with Crippen molar-refractivity contribution in [2.45, 2.75) is 20.8 Å². The van der Waals surface area contributed by atoms with Crippen molar-refractivity contribution in [2.75, 3.05) is 0 Å². The van der Waals surface area contributed by atoms with Gasteiger partial charge in [-0.2, -0.15) is 0 Å². The van der Waals surface area contributed by atoms with Gasteiger partial charge in [0, 0.05) is 17.1 Å². The zero-order valence-electron chi connectivity index (χ0n) is 8.56. The van der Waals surface area contributed by atoms with Crippen LogP contribution >= 0.6 is 0 Å². The Morgan fingerprint density at radius 2 is 1.71 bits per heavy atom. The van der Waals surface area contributed by atoms with Gasteiger partial charge in [0.15, 0.2) is 0 Å². The summed E-state index contributed by atoms with van der Waals surface area (Å²) in [5.41, 5.74) is 3.49. The molecule has 0 radical (unpaired) electrons. The van der Waals surface area contributed by atoms with Crippen LogP contribution < -0.4 is 0 Å². The number of benzene rings is 1. The second-order valence-corrected chi connectivity index (χ2v) is 3.70. The number of nitrogens with zero attached hydrogens (tertiary/aromatic N) is 1. The fourth-order valence-corrected chi connectivity index (χ4v) is 1.69. The third-order valence-corrected chi connectivity index (χ3v) is 2.42. The first kappa shape index (κ1) is 9.13. The molecule has 2 heteroatoms. The van der Waals surface area contributed by atoms with Crippen LogP contribution in [0.15, 0.2) is 18.2 Å². The van der Waals surface area contributed by atoms with Gasteiger partial charge in [-0.1, -0.05) is 0 Å². The predicted octanol–water partition coefficient (Wildman–Crippen LogP) is 3.30.